The van der Waals surface area contributed by atoms with Crippen molar-refractivity contribution in [2.24, 2.45) is 5.10 Å². The Morgan fingerprint density at radius 1 is 1.09 bits per heavy atom. The number of halogens is 1. The summed E-state index contributed by atoms with van der Waals surface area (Å²) in [4.78, 5) is 10.7. The van der Waals surface area contributed by atoms with Crippen LogP contribution in [0.1, 0.15) is 36.1 Å². The van der Waals surface area contributed by atoms with Gasteiger partial charge in [-0.15, -0.1) is 0 Å². The van der Waals surface area contributed by atoms with Gasteiger partial charge in [0.1, 0.15) is 5.75 Å². The van der Waals surface area contributed by atoms with Crippen LogP contribution < -0.4 is 14.2 Å². The van der Waals surface area contributed by atoms with Crippen molar-refractivity contribution in [1.82, 2.24) is 5.01 Å². The summed E-state index contributed by atoms with van der Waals surface area (Å²) in [6, 6.07) is 17.5. The summed E-state index contributed by atoms with van der Waals surface area (Å²) in [5.74, 6) is 1.96. The highest BCUT2D eigenvalue weighted by molar-refractivity contribution is 6.30. The number of fused-ring (bicyclic) bond motifs is 3. The molecule has 2 atom stereocenters. The number of nitrogens with zero attached hydrogens (tertiary/aromatic N) is 3. The predicted octanol–water partition coefficient (Wildman–Crippen LogP) is 5.68. The molecule has 0 aliphatic carbocycles. The number of hydrogen-bond donors (Lipinski definition) is 0. The molecule has 2 aliphatic rings. The molecule has 0 aromatic heterocycles. The maximum atomic E-state index is 11.2. The molecule has 2 heterocycles. The summed E-state index contributed by atoms with van der Waals surface area (Å²) in [6.07, 6.45) is 0.620. The average molecular weight is 480 g/mol. The van der Waals surface area contributed by atoms with E-state index >= 15 is 0 Å². The molecular formula is C25H22ClN3O5. The standard InChI is InChI=1S/C25H22ClN3O5/c1-25(16-5-8-18(9-6-16)29(30)31)28-21(19-13-17(26)7-11-22(19)34-25)14-20(27-28)15-4-10-23(32-2)24(12-15)33-3/h4-13,21H,14H2,1-3H3. The van der Waals surface area contributed by atoms with Gasteiger partial charge in [-0.25, -0.2) is 5.01 Å². The number of rotatable bonds is 5. The van der Waals surface area contributed by atoms with Gasteiger partial charge in [0.25, 0.3) is 5.69 Å². The fraction of sp³-hybridized carbons (Fsp3) is 0.240. The number of benzene rings is 3. The zero-order valence-corrected chi connectivity index (χ0v) is 19.6. The van der Waals surface area contributed by atoms with E-state index in [0.717, 1.165) is 22.4 Å². The summed E-state index contributed by atoms with van der Waals surface area (Å²) in [5.41, 5.74) is 2.48. The molecule has 0 spiro atoms. The van der Waals surface area contributed by atoms with Crippen molar-refractivity contribution in [1.29, 1.82) is 0 Å². The molecule has 3 aromatic rings. The number of hydrazone groups is 1. The van der Waals surface area contributed by atoms with E-state index < -0.39 is 10.6 Å². The highest BCUT2D eigenvalue weighted by Gasteiger charge is 2.49. The van der Waals surface area contributed by atoms with Gasteiger partial charge in [-0.05, 0) is 48.5 Å². The molecule has 3 aromatic carbocycles. The van der Waals surface area contributed by atoms with Crippen molar-refractivity contribution >= 4 is 23.0 Å². The first kappa shape index (κ1) is 22.0. The Morgan fingerprint density at radius 2 is 1.82 bits per heavy atom. The summed E-state index contributed by atoms with van der Waals surface area (Å²) in [5, 5.41) is 18.7. The third-order valence-electron chi connectivity index (χ3n) is 6.32. The largest absolute Gasteiger partial charge is 0.493 e. The number of methoxy groups -OCH3 is 2. The van der Waals surface area contributed by atoms with Crippen molar-refractivity contribution in [2.45, 2.75) is 25.1 Å². The van der Waals surface area contributed by atoms with Crippen molar-refractivity contribution in [2.75, 3.05) is 14.2 Å². The lowest BCUT2D eigenvalue weighted by Crippen LogP contribution is -2.48. The monoisotopic (exact) mass is 479 g/mol. The van der Waals surface area contributed by atoms with Crippen LogP contribution in [0.3, 0.4) is 0 Å². The van der Waals surface area contributed by atoms with E-state index in [-0.39, 0.29) is 11.7 Å². The van der Waals surface area contributed by atoms with Gasteiger partial charge in [0.05, 0.1) is 30.9 Å². The second-order valence-electron chi connectivity index (χ2n) is 8.25. The molecule has 174 valence electrons. The van der Waals surface area contributed by atoms with Crippen LogP contribution in [0.4, 0.5) is 5.69 Å². The second-order valence-corrected chi connectivity index (χ2v) is 8.69. The first-order valence-corrected chi connectivity index (χ1v) is 11.0. The van der Waals surface area contributed by atoms with E-state index in [0.29, 0.717) is 28.7 Å². The lowest BCUT2D eigenvalue weighted by Gasteiger charge is -2.46. The fourth-order valence-electron chi connectivity index (χ4n) is 4.55. The smallest absolute Gasteiger partial charge is 0.269 e. The minimum absolute atomic E-state index is 0.0165. The van der Waals surface area contributed by atoms with Gasteiger partial charge in [-0.2, -0.15) is 5.10 Å². The molecule has 0 saturated heterocycles. The van der Waals surface area contributed by atoms with Gasteiger partial charge < -0.3 is 14.2 Å². The van der Waals surface area contributed by atoms with Crippen molar-refractivity contribution in [3.63, 3.8) is 0 Å². The third-order valence-corrected chi connectivity index (χ3v) is 6.55. The molecule has 8 nitrogen and oxygen atoms in total. The molecular weight excluding hydrogens is 458 g/mol. The molecule has 0 amide bonds. The zero-order chi connectivity index (χ0) is 24.0. The quantitative estimate of drug-likeness (QED) is 0.345. The van der Waals surface area contributed by atoms with Gasteiger partial charge in [0, 0.05) is 47.2 Å². The van der Waals surface area contributed by atoms with Crippen molar-refractivity contribution < 1.29 is 19.1 Å². The minimum atomic E-state index is -0.987. The SMILES string of the molecule is COc1ccc(C2=NN3C(C2)c2cc(Cl)ccc2OC3(C)c2ccc([N+](=O)[O-])cc2)cc1OC. The Labute approximate surface area is 201 Å². The number of non-ortho nitro benzene ring substituents is 1. The molecule has 0 fully saturated rings. The fourth-order valence-corrected chi connectivity index (χ4v) is 4.73. The molecule has 0 radical (unpaired) electrons. The molecule has 0 N–H and O–H groups in total. The maximum Gasteiger partial charge on any atom is 0.269 e. The third kappa shape index (κ3) is 3.51. The predicted molar refractivity (Wildman–Crippen MR) is 128 cm³/mol. The molecule has 2 aliphatic heterocycles. The highest BCUT2D eigenvalue weighted by atomic mass is 35.5. The van der Waals surface area contributed by atoms with Crippen LogP contribution in [0.25, 0.3) is 0 Å². The van der Waals surface area contributed by atoms with Gasteiger partial charge >= 0.3 is 0 Å². The van der Waals surface area contributed by atoms with E-state index in [9.17, 15) is 10.1 Å². The molecule has 0 saturated carbocycles. The molecule has 0 bridgehead atoms. The number of hydrogen-bond acceptors (Lipinski definition) is 7. The maximum absolute atomic E-state index is 11.2. The van der Waals surface area contributed by atoms with Crippen LogP contribution in [-0.4, -0.2) is 29.9 Å². The highest BCUT2D eigenvalue weighted by Crippen LogP contribution is 2.51. The summed E-state index contributed by atoms with van der Waals surface area (Å²) in [7, 11) is 3.19. The lowest BCUT2D eigenvalue weighted by atomic mass is 9.92. The van der Waals surface area contributed by atoms with Crippen LogP contribution in [0, 0.1) is 10.1 Å². The van der Waals surface area contributed by atoms with Crippen LogP contribution >= 0.6 is 11.6 Å². The van der Waals surface area contributed by atoms with E-state index in [2.05, 4.69) is 0 Å². The van der Waals surface area contributed by atoms with E-state index in [4.69, 9.17) is 30.9 Å². The van der Waals surface area contributed by atoms with Gasteiger partial charge in [0.2, 0.25) is 5.72 Å². The summed E-state index contributed by atoms with van der Waals surface area (Å²) in [6.45, 7) is 1.92. The Balaban J connectivity index is 1.62. The van der Waals surface area contributed by atoms with Crippen molar-refractivity contribution in [3.8, 4) is 17.2 Å². The Bertz CT molecular complexity index is 1310. The van der Waals surface area contributed by atoms with Gasteiger partial charge in [-0.1, -0.05) is 11.6 Å². The van der Waals surface area contributed by atoms with E-state index in [1.54, 1.807) is 32.4 Å². The summed E-state index contributed by atoms with van der Waals surface area (Å²) < 4.78 is 17.3. The van der Waals surface area contributed by atoms with Crippen LogP contribution in [0.5, 0.6) is 17.2 Å². The van der Waals surface area contributed by atoms with Crippen LogP contribution in [-0.2, 0) is 5.72 Å². The molecule has 2 unspecified atom stereocenters. The average Bonchev–Trinajstić information content (AvgIpc) is 3.31. The Kier molecular flexibility index (Phi) is 5.32. The number of nitro benzene ring substituents is 1. The topological polar surface area (TPSA) is 86.4 Å². The first-order valence-electron chi connectivity index (χ1n) is 10.7. The van der Waals surface area contributed by atoms with E-state index in [1.807, 2.05) is 42.3 Å². The van der Waals surface area contributed by atoms with Gasteiger partial charge in [-0.3, -0.25) is 10.1 Å². The molecule has 9 heteroatoms. The zero-order valence-electron chi connectivity index (χ0n) is 18.8. The normalized spacial score (nSPS) is 20.6. The second kappa shape index (κ2) is 8.22. The molecule has 34 heavy (non-hydrogen) atoms. The summed E-state index contributed by atoms with van der Waals surface area (Å²) >= 11 is 6.32. The lowest BCUT2D eigenvalue weighted by molar-refractivity contribution is -0.384. The van der Waals surface area contributed by atoms with E-state index in [1.165, 1.54) is 12.1 Å². The minimum Gasteiger partial charge on any atom is -0.493 e. The van der Waals surface area contributed by atoms with Crippen molar-refractivity contribution in [3.05, 3.63) is 92.5 Å². The Hall–Kier alpha value is -3.78. The number of nitro groups is 1. The van der Waals surface area contributed by atoms with Crippen LogP contribution in [0.2, 0.25) is 5.02 Å². The molecule has 5 rings (SSSR count). The Morgan fingerprint density at radius 3 is 2.50 bits per heavy atom. The first-order chi connectivity index (χ1) is 16.3. The van der Waals surface area contributed by atoms with Crippen LogP contribution in [0.15, 0.2) is 65.8 Å². The number of ether oxygens (including phenoxy) is 3. The van der Waals surface area contributed by atoms with Gasteiger partial charge in [0.15, 0.2) is 11.5 Å².